The lowest BCUT2D eigenvalue weighted by Gasteiger charge is -2.11. The molecule has 552 valence electrons. The molecule has 12 heteroatoms. The molecule has 7 heterocycles. The highest BCUT2D eigenvalue weighted by Gasteiger charge is 2.21. The van der Waals surface area contributed by atoms with Crippen LogP contribution in [0.2, 0.25) is 0 Å². The van der Waals surface area contributed by atoms with Crippen molar-refractivity contribution in [1.29, 1.82) is 0 Å². The number of nitrogens with zero attached hydrogens (tertiary/aromatic N) is 10. The van der Waals surface area contributed by atoms with E-state index in [9.17, 15) is 0 Å². The van der Waals surface area contributed by atoms with Gasteiger partial charge in [0.2, 0.25) is 0 Å². The van der Waals surface area contributed by atoms with Crippen molar-refractivity contribution < 1.29 is 0 Å². The maximum Gasteiger partial charge on any atom is 0.164 e. The molecular weight excluding hydrogens is 1480 g/mol. The number of aromatic nitrogens is 10. The van der Waals surface area contributed by atoms with Crippen molar-refractivity contribution in [2.24, 2.45) is 0 Å². The fourth-order valence-electron chi connectivity index (χ4n) is 15.6. The van der Waals surface area contributed by atoms with Crippen LogP contribution in [0, 0.1) is 0 Å². The quantitative estimate of drug-likeness (QED) is 0.104. The van der Waals surface area contributed by atoms with E-state index in [2.05, 4.69) is 315 Å². The average Bonchev–Trinajstić information content (AvgIpc) is 1.58. The number of rotatable bonds is 14. The summed E-state index contributed by atoms with van der Waals surface area (Å²) < 4.78 is 3.63. The Labute approximate surface area is 688 Å². The minimum atomic E-state index is 0.622. The van der Waals surface area contributed by atoms with Crippen molar-refractivity contribution in [3.63, 3.8) is 0 Å². The number of thiophene rings is 2. The minimum Gasteiger partial charge on any atom is -0.243 e. The highest BCUT2D eigenvalue weighted by Crippen LogP contribution is 2.44. The van der Waals surface area contributed by atoms with Gasteiger partial charge in [-0.15, -0.1) is 22.7 Å². The standard InChI is InChI=1S/2C53H33N5S/c1-3-13-34(14-4-1)35-26-28-37(29-27-35)51-56-50(36-15-5-2-6-16-36)57-52(58-51)43-22-11-20-41(33-43)39-18-9-17-38(31-39)40-19-10-21-42(32-40)48-49-47(44-23-7-8-25-46(44)59-49)45-24-12-30-54-53(45)55-48;1-3-12-34(13-4-1)35-24-26-37(27-25-35)51-56-50(36-14-5-2-6-15-36)57-52(58-51)44-21-11-20-42(32-44)40-18-9-16-38(30-40)39-17-10-19-41(31-39)43-28-29-46-47(33-43)54-49-45-22-7-8-23-48(45)59-53(49)55-46/h2*1-33H. The Bertz CT molecular complexity index is 7550. The summed E-state index contributed by atoms with van der Waals surface area (Å²) in [7, 11) is 0. The fourth-order valence-corrected chi connectivity index (χ4v) is 17.8. The second kappa shape index (κ2) is 30.9. The predicted molar refractivity (Wildman–Crippen MR) is 488 cm³/mol. The van der Waals surface area contributed by atoms with Crippen molar-refractivity contribution in [2.45, 2.75) is 0 Å². The van der Waals surface area contributed by atoms with Gasteiger partial charge in [-0.2, -0.15) is 0 Å². The lowest BCUT2D eigenvalue weighted by atomic mass is 9.95. The van der Waals surface area contributed by atoms with Gasteiger partial charge in [0.25, 0.3) is 0 Å². The highest BCUT2D eigenvalue weighted by molar-refractivity contribution is 7.26. The van der Waals surface area contributed by atoms with Crippen LogP contribution in [0.5, 0.6) is 0 Å². The van der Waals surface area contributed by atoms with Gasteiger partial charge in [-0.25, -0.2) is 49.8 Å². The van der Waals surface area contributed by atoms with Crippen molar-refractivity contribution in [3.05, 3.63) is 401 Å². The number of benzene rings is 15. The van der Waals surface area contributed by atoms with Gasteiger partial charge in [0.15, 0.2) is 40.6 Å². The first-order chi connectivity index (χ1) is 58.4. The van der Waals surface area contributed by atoms with Gasteiger partial charge in [0, 0.05) is 76.1 Å². The molecule has 0 N–H and O–H groups in total. The lowest BCUT2D eigenvalue weighted by Crippen LogP contribution is -2.00. The Morgan fingerprint density at radius 2 is 0.500 bits per heavy atom. The topological polar surface area (TPSA) is 129 Å². The monoisotopic (exact) mass is 1540 g/mol. The summed E-state index contributed by atoms with van der Waals surface area (Å²) in [4.78, 5) is 51.0. The fraction of sp³-hybridized carbons (Fsp3) is 0. The Kier molecular flexibility index (Phi) is 18.4. The zero-order chi connectivity index (χ0) is 78.2. The molecule has 0 aliphatic carbocycles. The average molecular weight is 1540 g/mol. The maximum atomic E-state index is 5.16. The molecule has 15 aromatic carbocycles. The molecule has 0 unspecified atom stereocenters. The van der Waals surface area contributed by atoms with E-state index in [1.165, 1.54) is 36.0 Å². The highest BCUT2D eigenvalue weighted by atomic mass is 32.1. The molecule has 0 radical (unpaired) electrons. The van der Waals surface area contributed by atoms with Crippen molar-refractivity contribution in [3.8, 4) is 157 Å². The first-order valence-corrected chi connectivity index (χ1v) is 40.8. The molecule has 118 heavy (non-hydrogen) atoms. The van der Waals surface area contributed by atoms with E-state index in [4.69, 9.17) is 49.8 Å². The summed E-state index contributed by atoms with van der Waals surface area (Å²) in [5.41, 5.74) is 26.8. The van der Waals surface area contributed by atoms with Crippen LogP contribution in [0.25, 0.3) is 220 Å². The number of hydrogen-bond acceptors (Lipinski definition) is 12. The second-order valence-electron chi connectivity index (χ2n) is 29.0. The number of pyridine rings is 2. The van der Waals surface area contributed by atoms with Crippen LogP contribution < -0.4 is 0 Å². The summed E-state index contributed by atoms with van der Waals surface area (Å²) in [6.07, 6.45) is 1.82. The molecule has 22 aromatic rings. The van der Waals surface area contributed by atoms with Crippen LogP contribution >= 0.6 is 22.7 Å². The van der Waals surface area contributed by atoms with Gasteiger partial charge in [0.05, 0.1) is 21.4 Å². The summed E-state index contributed by atoms with van der Waals surface area (Å²) in [5.74, 6) is 3.78. The molecule has 0 fully saturated rings. The largest absolute Gasteiger partial charge is 0.243 e. The van der Waals surface area contributed by atoms with E-state index in [1.54, 1.807) is 22.7 Å². The van der Waals surface area contributed by atoms with Gasteiger partial charge in [0.1, 0.15) is 10.3 Å². The molecule has 0 saturated heterocycles. The van der Waals surface area contributed by atoms with Gasteiger partial charge in [-0.1, -0.05) is 322 Å². The summed E-state index contributed by atoms with van der Waals surface area (Å²) in [6, 6.07) is 137. The minimum absolute atomic E-state index is 0.622. The first kappa shape index (κ1) is 70.5. The SMILES string of the molecule is c1ccc(-c2ccc(-c3nc(-c4ccccc4)nc(-c4cccc(-c5cccc(-c6cccc(-c7ccc8nc9sc%10ccccc%10c9nc8c7)c6)c5)c4)n3)cc2)cc1.c1ccc(-c2ccc(-c3nc(-c4ccccc4)nc(-c4cccc(-c5cccc(-c6cccc(-c7nc8ncccc8c8c7sc7ccccc78)c6)c5)c4)n3)cc2)cc1. The number of hydrogen-bond donors (Lipinski definition) is 0. The summed E-state index contributed by atoms with van der Waals surface area (Å²) in [6.45, 7) is 0. The van der Waals surface area contributed by atoms with Crippen LogP contribution in [-0.2, 0) is 0 Å². The van der Waals surface area contributed by atoms with Gasteiger partial charge < -0.3 is 0 Å². The van der Waals surface area contributed by atoms with Gasteiger partial charge in [-0.3, -0.25) is 0 Å². The van der Waals surface area contributed by atoms with Crippen LogP contribution in [-0.4, -0.2) is 49.8 Å². The molecule has 0 aliphatic heterocycles. The molecule has 0 amide bonds. The molecule has 0 spiro atoms. The molecule has 7 aromatic heterocycles. The molecule has 0 aliphatic rings. The van der Waals surface area contributed by atoms with Gasteiger partial charge >= 0.3 is 0 Å². The summed E-state index contributed by atoms with van der Waals surface area (Å²) in [5, 5.41) is 4.69. The van der Waals surface area contributed by atoms with Crippen molar-refractivity contribution in [2.75, 3.05) is 0 Å². The van der Waals surface area contributed by atoms with Crippen LogP contribution in [0.4, 0.5) is 0 Å². The molecule has 10 nitrogen and oxygen atoms in total. The van der Waals surface area contributed by atoms with E-state index < -0.39 is 0 Å². The molecule has 22 rings (SSSR count). The van der Waals surface area contributed by atoms with Crippen LogP contribution in [0.3, 0.4) is 0 Å². The third-order valence-electron chi connectivity index (χ3n) is 21.5. The van der Waals surface area contributed by atoms with Crippen molar-refractivity contribution >= 4 is 85.3 Å². The Hall–Kier alpha value is -15.3. The third kappa shape index (κ3) is 14.1. The molecular formula is C106H66N10S2. The third-order valence-corrected chi connectivity index (χ3v) is 23.8. The predicted octanol–water partition coefficient (Wildman–Crippen LogP) is 27.7. The molecule has 0 atom stereocenters. The normalized spacial score (nSPS) is 11.4. The zero-order valence-electron chi connectivity index (χ0n) is 63.4. The van der Waals surface area contributed by atoms with E-state index in [0.29, 0.717) is 34.9 Å². The Morgan fingerprint density at radius 1 is 0.186 bits per heavy atom. The Balaban J connectivity index is 0.000000147. The van der Waals surface area contributed by atoms with E-state index in [0.717, 1.165) is 149 Å². The van der Waals surface area contributed by atoms with E-state index in [-0.39, 0.29) is 0 Å². The summed E-state index contributed by atoms with van der Waals surface area (Å²) >= 11 is 3.49. The Morgan fingerprint density at radius 3 is 0.958 bits per heavy atom. The molecule has 0 saturated carbocycles. The smallest absolute Gasteiger partial charge is 0.164 e. The van der Waals surface area contributed by atoms with Crippen LogP contribution in [0.1, 0.15) is 0 Å². The zero-order valence-corrected chi connectivity index (χ0v) is 65.0. The van der Waals surface area contributed by atoms with Crippen molar-refractivity contribution in [1.82, 2.24) is 49.8 Å². The van der Waals surface area contributed by atoms with Crippen LogP contribution in [0.15, 0.2) is 401 Å². The number of fused-ring (bicyclic) bond motifs is 9. The maximum absolute atomic E-state index is 5.16. The second-order valence-corrected chi connectivity index (χ2v) is 31.1. The molecule has 0 bridgehead atoms. The van der Waals surface area contributed by atoms with E-state index >= 15 is 0 Å². The van der Waals surface area contributed by atoms with E-state index in [1.807, 2.05) is 85.1 Å². The lowest BCUT2D eigenvalue weighted by molar-refractivity contribution is 1.07. The first-order valence-electron chi connectivity index (χ1n) is 39.1. The van der Waals surface area contributed by atoms with Gasteiger partial charge in [-0.05, 0) is 151 Å².